The first-order chi connectivity index (χ1) is 10.4. The maximum Gasteiger partial charge on any atom is 0.143 e. The highest BCUT2D eigenvalue weighted by atomic mass is 19.1. The standard InChI is InChI=1S/C18H20FN3/c1-4-16-14-7-8-18(2,3)10-17(14)22(21-16)13-6-5-12(11-20)15(19)9-13/h5-6,9H,4,7-8,10H2,1-3H3. The number of benzene rings is 1. The molecule has 3 nitrogen and oxygen atoms in total. The third-order valence-electron chi connectivity index (χ3n) is 4.52. The fourth-order valence-corrected chi connectivity index (χ4v) is 3.24. The molecule has 1 aliphatic carbocycles. The topological polar surface area (TPSA) is 41.6 Å². The van der Waals surface area contributed by atoms with Crippen LogP contribution in [0.15, 0.2) is 18.2 Å². The first-order valence-electron chi connectivity index (χ1n) is 7.75. The highest BCUT2D eigenvalue weighted by molar-refractivity contribution is 5.44. The highest BCUT2D eigenvalue weighted by Crippen LogP contribution is 2.37. The number of nitriles is 1. The van der Waals surface area contributed by atoms with Crippen molar-refractivity contribution in [3.05, 3.63) is 46.5 Å². The van der Waals surface area contributed by atoms with Crippen LogP contribution in [-0.2, 0) is 19.3 Å². The van der Waals surface area contributed by atoms with Gasteiger partial charge in [-0.2, -0.15) is 10.4 Å². The summed E-state index contributed by atoms with van der Waals surface area (Å²) in [5.74, 6) is -0.489. The van der Waals surface area contributed by atoms with Crippen LogP contribution in [0.25, 0.3) is 5.69 Å². The van der Waals surface area contributed by atoms with Crippen molar-refractivity contribution >= 4 is 0 Å². The molecule has 0 atom stereocenters. The van der Waals surface area contributed by atoms with E-state index in [0.717, 1.165) is 31.4 Å². The fourth-order valence-electron chi connectivity index (χ4n) is 3.24. The lowest BCUT2D eigenvalue weighted by molar-refractivity contribution is 0.309. The summed E-state index contributed by atoms with van der Waals surface area (Å²) < 4.78 is 15.8. The normalized spacial score (nSPS) is 16.1. The van der Waals surface area contributed by atoms with Crippen molar-refractivity contribution in [3.8, 4) is 11.8 Å². The molecule has 0 radical (unpaired) electrons. The van der Waals surface area contributed by atoms with Crippen molar-refractivity contribution in [2.75, 3.05) is 0 Å². The SMILES string of the molecule is CCc1nn(-c2ccc(C#N)c(F)c2)c2c1CCC(C)(C)C2. The zero-order chi connectivity index (χ0) is 15.9. The van der Waals surface area contributed by atoms with Gasteiger partial charge in [-0.15, -0.1) is 0 Å². The van der Waals surface area contributed by atoms with Crippen LogP contribution >= 0.6 is 0 Å². The molecule has 0 N–H and O–H groups in total. The maximum atomic E-state index is 13.9. The second-order valence-corrected chi connectivity index (χ2v) is 6.75. The molecule has 1 aromatic heterocycles. The molecule has 2 aromatic rings. The second kappa shape index (κ2) is 5.24. The van der Waals surface area contributed by atoms with Crippen LogP contribution in [-0.4, -0.2) is 9.78 Å². The Balaban J connectivity index is 2.14. The Morgan fingerprint density at radius 2 is 2.18 bits per heavy atom. The Morgan fingerprint density at radius 3 is 2.82 bits per heavy atom. The van der Waals surface area contributed by atoms with E-state index in [1.165, 1.54) is 23.4 Å². The molecule has 22 heavy (non-hydrogen) atoms. The lowest BCUT2D eigenvalue weighted by Gasteiger charge is -2.30. The Labute approximate surface area is 130 Å². The Kier molecular flexibility index (Phi) is 3.52. The van der Waals surface area contributed by atoms with Crippen molar-refractivity contribution in [2.24, 2.45) is 5.41 Å². The number of nitrogens with zero attached hydrogens (tertiary/aromatic N) is 3. The van der Waals surface area contributed by atoms with E-state index in [4.69, 9.17) is 10.4 Å². The minimum atomic E-state index is -0.489. The molecule has 0 bridgehead atoms. The van der Waals surface area contributed by atoms with Gasteiger partial charge < -0.3 is 0 Å². The Bertz CT molecular complexity index is 765. The van der Waals surface area contributed by atoms with Crippen molar-refractivity contribution in [1.82, 2.24) is 9.78 Å². The number of hydrogen-bond donors (Lipinski definition) is 0. The molecule has 3 rings (SSSR count). The predicted molar refractivity (Wildman–Crippen MR) is 83.4 cm³/mol. The largest absolute Gasteiger partial charge is 0.237 e. The summed E-state index contributed by atoms with van der Waals surface area (Å²) in [5, 5.41) is 13.6. The molecule has 0 spiro atoms. The first-order valence-corrected chi connectivity index (χ1v) is 7.75. The molecular weight excluding hydrogens is 277 g/mol. The fraction of sp³-hybridized carbons (Fsp3) is 0.444. The molecule has 1 heterocycles. The molecule has 0 saturated carbocycles. The van der Waals surface area contributed by atoms with Crippen LogP contribution in [0.3, 0.4) is 0 Å². The molecule has 0 aliphatic heterocycles. The molecule has 4 heteroatoms. The number of aryl methyl sites for hydroxylation is 1. The van der Waals surface area contributed by atoms with Crippen LogP contribution in [0.5, 0.6) is 0 Å². The number of aromatic nitrogens is 2. The summed E-state index contributed by atoms with van der Waals surface area (Å²) in [6.45, 7) is 6.63. The maximum absolute atomic E-state index is 13.9. The monoisotopic (exact) mass is 297 g/mol. The summed E-state index contributed by atoms with van der Waals surface area (Å²) in [5.41, 5.74) is 4.63. The average Bonchev–Trinajstić information content (AvgIpc) is 2.83. The van der Waals surface area contributed by atoms with Crippen LogP contribution in [0.4, 0.5) is 4.39 Å². The van der Waals surface area contributed by atoms with Gasteiger partial charge in [-0.1, -0.05) is 20.8 Å². The summed E-state index contributed by atoms with van der Waals surface area (Å²) in [4.78, 5) is 0. The van der Waals surface area contributed by atoms with Crippen LogP contribution < -0.4 is 0 Å². The molecule has 1 aliphatic rings. The third-order valence-corrected chi connectivity index (χ3v) is 4.52. The van der Waals surface area contributed by atoms with Gasteiger partial charge in [0, 0.05) is 11.8 Å². The first kappa shape index (κ1) is 14.8. The van der Waals surface area contributed by atoms with E-state index in [1.54, 1.807) is 6.07 Å². The Morgan fingerprint density at radius 1 is 1.41 bits per heavy atom. The van der Waals surface area contributed by atoms with Crippen LogP contribution in [0.1, 0.15) is 49.7 Å². The van der Waals surface area contributed by atoms with Gasteiger partial charge in [-0.3, -0.25) is 0 Å². The molecule has 0 saturated heterocycles. The number of hydrogen-bond acceptors (Lipinski definition) is 2. The van der Waals surface area contributed by atoms with Gasteiger partial charge >= 0.3 is 0 Å². The average molecular weight is 297 g/mol. The van der Waals surface area contributed by atoms with Crippen molar-refractivity contribution < 1.29 is 4.39 Å². The lowest BCUT2D eigenvalue weighted by Crippen LogP contribution is -2.24. The number of fused-ring (bicyclic) bond motifs is 1. The van der Waals surface area contributed by atoms with Crippen molar-refractivity contribution in [3.63, 3.8) is 0 Å². The van der Waals surface area contributed by atoms with E-state index in [1.807, 2.05) is 10.8 Å². The van der Waals surface area contributed by atoms with Crippen LogP contribution in [0.2, 0.25) is 0 Å². The molecular formula is C18H20FN3. The quantitative estimate of drug-likeness (QED) is 0.842. The van der Waals surface area contributed by atoms with Gasteiger partial charge in [0.25, 0.3) is 0 Å². The van der Waals surface area contributed by atoms with E-state index in [0.29, 0.717) is 5.69 Å². The Hall–Kier alpha value is -2.15. The predicted octanol–water partition coefficient (Wildman–Crippen LogP) is 3.96. The summed E-state index contributed by atoms with van der Waals surface area (Å²) in [6.07, 6.45) is 4.01. The van der Waals surface area contributed by atoms with E-state index in [9.17, 15) is 4.39 Å². The van der Waals surface area contributed by atoms with E-state index < -0.39 is 5.82 Å². The summed E-state index contributed by atoms with van der Waals surface area (Å²) in [7, 11) is 0. The highest BCUT2D eigenvalue weighted by Gasteiger charge is 2.30. The number of halogens is 1. The minimum Gasteiger partial charge on any atom is -0.237 e. The van der Waals surface area contributed by atoms with Crippen molar-refractivity contribution in [2.45, 2.75) is 46.5 Å². The molecule has 0 amide bonds. The molecule has 114 valence electrons. The van der Waals surface area contributed by atoms with E-state index in [2.05, 4.69) is 20.8 Å². The zero-order valence-corrected chi connectivity index (χ0v) is 13.3. The van der Waals surface area contributed by atoms with Gasteiger partial charge in [0.05, 0.1) is 16.9 Å². The van der Waals surface area contributed by atoms with Gasteiger partial charge in [-0.05, 0) is 48.8 Å². The zero-order valence-electron chi connectivity index (χ0n) is 13.3. The lowest BCUT2D eigenvalue weighted by atomic mass is 9.76. The van der Waals surface area contributed by atoms with Gasteiger partial charge in [0.2, 0.25) is 0 Å². The summed E-state index contributed by atoms with van der Waals surface area (Å²) in [6, 6.07) is 6.57. The molecule has 0 unspecified atom stereocenters. The number of rotatable bonds is 2. The minimum absolute atomic E-state index is 0.0702. The molecule has 1 aromatic carbocycles. The van der Waals surface area contributed by atoms with Gasteiger partial charge in [-0.25, -0.2) is 9.07 Å². The molecule has 0 fully saturated rings. The smallest absolute Gasteiger partial charge is 0.143 e. The van der Waals surface area contributed by atoms with Gasteiger partial charge in [0.15, 0.2) is 0 Å². The van der Waals surface area contributed by atoms with E-state index in [-0.39, 0.29) is 11.0 Å². The summed E-state index contributed by atoms with van der Waals surface area (Å²) >= 11 is 0. The second-order valence-electron chi connectivity index (χ2n) is 6.75. The third kappa shape index (κ3) is 2.41. The van der Waals surface area contributed by atoms with Crippen molar-refractivity contribution in [1.29, 1.82) is 5.26 Å². The van der Waals surface area contributed by atoms with Crippen LogP contribution in [0, 0.1) is 22.6 Å². The van der Waals surface area contributed by atoms with E-state index >= 15 is 0 Å². The van der Waals surface area contributed by atoms with Gasteiger partial charge in [0.1, 0.15) is 11.9 Å².